The molecule has 1 aliphatic heterocycles. The number of halogens is 4. The van der Waals surface area contributed by atoms with Gasteiger partial charge in [0.2, 0.25) is 11.3 Å². The minimum absolute atomic E-state index is 0.0135. The van der Waals surface area contributed by atoms with E-state index in [-0.39, 0.29) is 71.7 Å². The largest absolute Gasteiger partial charge is 0.504 e. The summed E-state index contributed by atoms with van der Waals surface area (Å²) in [4.78, 5) is 60.7. The van der Waals surface area contributed by atoms with Crippen LogP contribution in [0.25, 0.3) is 17.2 Å². The lowest BCUT2D eigenvalue weighted by Gasteiger charge is -2.37. The fraction of sp³-hybridized carbons (Fsp3) is 0.323. The van der Waals surface area contributed by atoms with Gasteiger partial charge in [-0.05, 0) is 44.5 Å². The molecule has 1 saturated heterocycles. The Bertz CT molecular complexity index is 1960. The zero-order valence-electron chi connectivity index (χ0n) is 25.6. The van der Waals surface area contributed by atoms with Crippen molar-refractivity contribution in [3.8, 4) is 5.75 Å². The molecule has 0 spiro atoms. The number of fused-ring (bicyclic) bond motifs is 1. The van der Waals surface area contributed by atoms with Crippen molar-refractivity contribution in [1.82, 2.24) is 29.4 Å². The molecule has 2 amide bonds. The van der Waals surface area contributed by atoms with Crippen molar-refractivity contribution in [1.29, 1.82) is 0 Å². The number of piperazine rings is 1. The summed E-state index contributed by atoms with van der Waals surface area (Å²) in [6.45, 7) is 5.72. The summed E-state index contributed by atoms with van der Waals surface area (Å²) in [5, 5.41) is 12.6. The highest BCUT2D eigenvalue weighted by Crippen LogP contribution is 2.34. The van der Waals surface area contributed by atoms with E-state index in [1.807, 2.05) is 11.8 Å². The number of rotatable bonds is 7. The number of allylic oxidation sites excluding steroid dienone is 1. The molecule has 0 bridgehead atoms. The number of nitrogens with one attached hydrogen (secondary N) is 1. The number of hydrogen-bond donors (Lipinski definition) is 2. The predicted octanol–water partition coefficient (Wildman–Crippen LogP) is 4.46. The number of aromatic nitrogens is 5. The predicted molar refractivity (Wildman–Crippen MR) is 170 cm³/mol. The molecular formula is C31H30ClF3N8O4. The number of benzene rings is 1. The van der Waals surface area contributed by atoms with Gasteiger partial charge in [0.15, 0.2) is 22.6 Å². The number of aryl methyl sites for hydroxylation is 1. The average molecular weight is 671 g/mol. The molecule has 1 aromatic carbocycles. The third kappa shape index (κ3) is 6.75. The van der Waals surface area contributed by atoms with E-state index in [1.165, 1.54) is 17.4 Å². The van der Waals surface area contributed by atoms with E-state index in [4.69, 9.17) is 11.6 Å². The molecule has 3 aromatic heterocycles. The molecule has 1 fully saturated rings. The molecule has 246 valence electrons. The SMILES string of the molecule is C/C=C/c1cnc2c(n1)c(=O)c(N1CCN(C(=O)c3ncnc(C)c3O)CC1)c(CC)n2CC(=O)Nc1ccc(C(F)(F)F)cc1Cl. The van der Waals surface area contributed by atoms with E-state index in [2.05, 4.69) is 25.3 Å². The van der Waals surface area contributed by atoms with Gasteiger partial charge in [-0.2, -0.15) is 13.2 Å². The first-order valence-corrected chi connectivity index (χ1v) is 15.0. The van der Waals surface area contributed by atoms with Crippen LogP contribution >= 0.6 is 11.6 Å². The van der Waals surface area contributed by atoms with E-state index in [0.29, 0.717) is 23.5 Å². The Morgan fingerprint density at radius 2 is 1.85 bits per heavy atom. The van der Waals surface area contributed by atoms with Gasteiger partial charge in [0.05, 0.1) is 33.9 Å². The van der Waals surface area contributed by atoms with Crippen LogP contribution in [0, 0.1) is 6.92 Å². The Labute approximate surface area is 271 Å². The first-order valence-electron chi connectivity index (χ1n) is 14.6. The van der Waals surface area contributed by atoms with E-state index in [9.17, 15) is 32.7 Å². The summed E-state index contributed by atoms with van der Waals surface area (Å²) in [6.07, 6.45) is 1.79. The number of nitrogens with zero attached hydrogens (tertiary/aromatic N) is 7. The molecule has 0 unspecified atom stereocenters. The number of aromatic hydroxyl groups is 1. The van der Waals surface area contributed by atoms with Gasteiger partial charge >= 0.3 is 6.18 Å². The van der Waals surface area contributed by atoms with Gasteiger partial charge in [-0.25, -0.2) is 19.9 Å². The van der Waals surface area contributed by atoms with E-state index >= 15 is 0 Å². The quantitative estimate of drug-likeness (QED) is 0.291. The van der Waals surface area contributed by atoms with Gasteiger partial charge in [-0.3, -0.25) is 14.4 Å². The normalized spacial score (nSPS) is 13.9. The molecule has 12 nitrogen and oxygen atoms in total. The van der Waals surface area contributed by atoms with Gasteiger partial charge < -0.3 is 24.8 Å². The number of anilines is 2. The second-order valence-electron chi connectivity index (χ2n) is 10.7. The maximum Gasteiger partial charge on any atom is 0.416 e. The lowest BCUT2D eigenvalue weighted by Crippen LogP contribution is -2.50. The molecule has 0 radical (unpaired) electrons. The summed E-state index contributed by atoms with van der Waals surface area (Å²) in [5.41, 5.74) is 0.163. The number of amides is 2. The monoisotopic (exact) mass is 670 g/mol. The number of hydrogen-bond acceptors (Lipinski definition) is 9. The molecule has 16 heteroatoms. The van der Waals surface area contributed by atoms with Gasteiger partial charge in [0.25, 0.3) is 5.91 Å². The first kappa shape index (κ1) is 33.3. The summed E-state index contributed by atoms with van der Waals surface area (Å²) in [7, 11) is 0. The Morgan fingerprint density at radius 1 is 1.13 bits per heavy atom. The van der Waals surface area contributed by atoms with E-state index in [1.54, 1.807) is 30.6 Å². The van der Waals surface area contributed by atoms with E-state index < -0.39 is 29.0 Å². The molecule has 1 aliphatic rings. The van der Waals surface area contributed by atoms with Crippen LogP contribution in [0.4, 0.5) is 24.5 Å². The topological polar surface area (TPSA) is 146 Å². The minimum atomic E-state index is -4.60. The third-order valence-corrected chi connectivity index (χ3v) is 8.00. The minimum Gasteiger partial charge on any atom is -0.504 e. The van der Waals surface area contributed by atoms with Crippen LogP contribution in [-0.4, -0.2) is 72.5 Å². The molecular weight excluding hydrogens is 641 g/mol. The number of carbonyl (C=O) groups excluding carboxylic acids is 2. The van der Waals surface area contributed by atoms with Crippen LogP contribution in [0.3, 0.4) is 0 Å². The zero-order chi connectivity index (χ0) is 34.0. The summed E-state index contributed by atoms with van der Waals surface area (Å²) >= 11 is 6.07. The molecule has 0 aliphatic carbocycles. The van der Waals surface area contributed by atoms with Crippen LogP contribution in [-0.2, 0) is 23.9 Å². The Kier molecular flexibility index (Phi) is 9.47. The molecule has 4 aromatic rings. The van der Waals surface area contributed by atoms with E-state index in [0.717, 1.165) is 18.2 Å². The lowest BCUT2D eigenvalue weighted by atomic mass is 10.1. The third-order valence-electron chi connectivity index (χ3n) is 7.69. The van der Waals surface area contributed by atoms with Gasteiger partial charge in [-0.15, -0.1) is 0 Å². The maximum absolute atomic E-state index is 14.0. The maximum atomic E-state index is 14.0. The second-order valence-corrected chi connectivity index (χ2v) is 11.1. The summed E-state index contributed by atoms with van der Waals surface area (Å²) < 4.78 is 40.9. The standard InChI is InChI=1S/C31H30ClF3N8O4/c1-4-6-19-14-36-29-24(39-19)28(46)26(41-9-11-42(12-10-41)30(47)25-27(45)17(3)37-16-38-25)22(5-2)43(29)15-23(44)40-21-8-7-18(13-20(21)32)31(33,34)35/h4,6-8,13-14,16,45H,5,9-12,15H2,1-3H3,(H,40,44)/b6-4+. The molecule has 2 N–H and O–H groups in total. The highest BCUT2D eigenvalue weighted by Gasteiger charge is 2.32. The van der Waals surface area contributed by atoms with Crippen molar-refractivity contribution >= 4 is 52.0 Å². The van der Waals surface area contributed by atoms with Crippen LogP contribution in [0.15, 0.2) is 41.6 Å². The first-order chi connectivity index (χ1) is 22.3. The number of carbonyl (C=O) groups is 2. The molecule has 0 atom stereocenters. The van der Waals surface area contributed by atoms with Crippen molar-refractivity contribution in [2.45, 2.75) is 39.9 Å². The van der Waals surface area contributed by atoms with Gasteiger partial charge in [-0.1, -0.05) is 24.6 Å². The van der Waals surface area contributed by atoms with Crippen molar-refractivity contribution < 1.29 is 27.9 Å². The zero-order valence-corrected chi connectivity index (χ0v) is 26.4. The van der Waals surface area contributed by atoms with Crippen molar-refractivity contribution in [3.63, 3.8) is 0 Å². The fourth-order valence-electron chi connectivity index (χ4n) is 5.38. The highest BCUT2D eigenvalue weighted by molar-refractivity contribution is 6.33. The van der Waals surface area contributed by atoms with Crippen molar-refractivity contribution in [3.05, 3.63) is 80.4 Å². The van der Waals surface area contributed by atoms with Crippen molar-refractivity contribution in [2.24, 2.45) is 0 Å². The van der Waals surface area contributed by atoms with Gasteiger partial charge in [0.1, 0.15) is 18.6 Å². The Morgan fingerprint density at radius 3 is 2.49 bits per heavy atom. The van der Waals surface area contributed by atoms with Crippen LogP contribution in [0.2, 0.25) is 5.02 Å². The fourth-order valence-corrected chi connectivity index (χ4v) is 5.61. The Balaban J connectivity index is 1.49. The molecule has 5 rings (SSSR count). The van der Waals surface area contributed by atoms with Crippen LogP contribution < -0.4 is 15.6 Å². The Hall–Kier alpha value is -5.05. The van der Waals surface area contributed by atoms with Crippen LogP contribution in [0.1, 0.15) is 47.0 Å². The highest BCUT2D eigenvalue weighted by atomic mass is 35.5. The summed E-state index contributed by atoms with van der Waals surface area (Å²) in [5.74, 6) is -1.39. The summed E-state index contributed by atoms with van der Waals surface area (Å²) in [6, 6.07) is 2.62. The molecule has 4 heterocycles. The van der Waals surface area contributed by atoms with Gasteiger partial charge in [0, 0.05) is 31.9 Å². The lowest BCUT2D eigenvalue weighted by molar-refractivity contribution is -0.137. The number of alkyl halides is 3. The average Bonchev–Trinajstić information content (AvgIpc) is 3.04. The van der Waals surface area contributed by atoms with Crippen molar-refractivity contribution in [2.75, 3.05) is 36.4 Å². The molecule has 47 heavy (non-hydrogen) atoms. The number of pyridine rings is 1. The smallest absolute Gasteiger partial charge is 0.416 e. The molecule has 0 saturated carbocycles. The van der Waals surface area contributed by atoms with Crippen LogP contribution in [0.5, 0.6) is 5.75 Å². The second kappa shape index (κ2) is 13.4.